The van der Waals surface area contributed by atoms with Crippen LogP contribution in [0.25, 0.3) is 11.1 Å². The number of hydrogen-bond acceptors (Lipinski definition) is 3. The van der Waals surface area contributed by atoms with E-state index in [1.807, 2.05) is 48.5 Å². The predicted molar refractivity (Wildman–Crippen MR) is 103 cm³/mol. The Labute approximate surface area is 166 Å². The quantitative estimate of drug-likeness (QED) is 0.691. The molecule has 0 aliphatic heterocycles. The second-order valence-electron chi connectivity index (χ2n) is 6.71. The smallest absolute Gasteiger partial charge is 0.407 e. The van der Waals surface area contributed by atoms with Crippen molar-refractivity contribution in [3.8, 4) is 17.2 Å². The van der Waals surface area contributed by atoms with Gasteiger partial charge in [-0.3, -0.25) is 0 Å². The third-order valence-corrected chi connectivity index (χ3v) is 5.02. The molecule has 0 radical (unpaired) electrons. The molecule has 0 unspecified atom stereocenters. The third kappa shape index (κ3) is 3.55. The molecule has 0 spiro atoms. The average Bonchev–Trinajstić information content (AvgIpc) is 3.05. The van der Waals surface area contributed by atoms with Crippen LogP contribution in [0.5, 0.6) is 0 Å². The van der Waals surface area contributed by atoms with E-state index in [-0.39, 0.29) is 30.2 Å². The van der Waals surface area contributed by atoms with Crippen LogP contribution in [0, 0.1) is 23.0 Å². The summed E-state index contributed by atoms with van der Waals surface area (Å²) >= 11 is 0. The number of nitrogens with one attached hydrogen (secondary N) is 1. The summed E-state index contributed by atoms with van der Waals surface area (Å²) in [6, 6.07) is 19.3. The van der Waals surface area contributed by atoms with Crippen LogP contribution in [0.3, 0.4) is 0 Å². The zero-order chi connectivity index (χ0) is 20.4. The summed E-state index contributed by atoms with van der Waals surface area (Å²) in [5.41, 5.74) is 4.14. The normalized spacial score (nSPS) is 12.0. The molecular formula is C23H16F2N2O2. The van der Waals surface area contributed by atoms with Crippen LogP contribution >= 0.6 is 0 Å². The number of nitrogens with zero attached hydrogens (tertiary/aromatic N) is 1. The van der Waals surface area contributed by atoms with Gasteiger partial charge in [-0.1, -0.05) is 48.5 Å². The molecule has 3 aromatic carbocycles. The Morgan fingerprint density at radius 1 is 1.00 bits per heavy atom. The number of fused-ring (bicyclic) bond motifs is 3. The van der Waals surface area contributed by atoms with Gasteiger partial charge in [0, 0.05) is 24.1 Å². The Hall–Kier alpha value is -3.72. The zero-order valence-electron chi connectivity index (χ0n) is 15.3. The third-order valence-electron chi connectivity index (χ3n) is 5.02. The number of halogens is 2. The van der Waals surface area contributed by atoms with Crippen molar-refractivity contribution >= 4 is 6.09 Å². The van der Waals surface area contributed by atoms with E-state index in [1.54, 1.807) is 6.07 Å². The molecule has 1 aliphatic rings. The van der Waals surface area contributed by atoms with Crippen molar-refractivity contribution in [1.29, 1.82) is 5.26 Å². The Balaban J connectivity index is 1.43. The predicted octanol–water partition coefficient (Wildman–Crippen LogP) is 4.88. The van der Waals surface area contributed by atoms with Crippen molar-refractivity contribution < 1.29 is 18.3 Å². The summed E-state index contributed by atoms with van der Waals surface area (Å²) in [6.07, 6.45) is -0.714. The summed E-state index contributed by atoms with van der Waals surface area (Å²) in [5, 5.41) is 11.3. The van der Waals surface area contributed by atoms with Gasteiger partial charge in [0.15, 0.2) is 0 Å². The lowest BCUT2D eigenvalue weighted by atomic mass is 9.98. The highest BCUT2D eigenvalue weighted by atomic mass is 19.1. The van der Waals surface area contributed by atoms with E-state index >= 15 is 0 Å². The van der Waals surface area contributed by atoms with Crippen molar-refractivity contribution in [1.82, 2.24) is 5.32 Å². The van der Waals surface area contributed by atoms with E-state index in [0.717, 1.165) is 28.3 Å². The molecule has 29 heavy (non-hydrogen) atoms. The molecular weight excluding hydrogens is 374 g/mol. The number of carbonyl (C=O) groups is 1. The van der Waals surface area contributed by atoms with Gasteiger partial charge < -0.3 is 10.1 Å². The summed E-state index contributed by atoms with van der Waals surface area (Å²) in [4.78, 5) is 12.1. The number of carbonyl (C=O) groups excluding carboxylic acids is 1. The highest BCUT2D eigenvalue weighted by molar-refractivity contribution is 5.79. The molecule has 4 rings (SSSR count). The number of amides is 1. The number of hydrogen-bond donors (Lipinski definition) is 1. The molecule has 0 aromatic heterocycles. The maximum Gasteiger partial charge on any atom is 0.407 e. The van der Waals surface area contributed by atoms with Crippen LogP contribution in [0.4, 0.5) is 13.6 Å². The molecule has 1 aliphatic carbocycles. The molecule has 1 amide bonds. The first-order valence-corrected chi connectivity index (χ1v) is 9.05. The molecule has 1 N–H and O–H groups in total. The molecule has 0 bridgehead atoms. The molecule has 0 saturated carbocycles. The Morgan fingerprint density at radius 3 is 2.24 bits per heavy atom. The van der Waals surface area contributed by atoms with Crippen LogP contribution < -0.4 is 5.32 Å². The fraction of sp³-hybridized carbons (Fsp3) is 0.130. The summed E-state index contributed by atoms with van der Waals surface area (Å²) < 4.78 is 32.6. The van der Waals surface area contributed by atoms with E-state index in [1.165, 1.54) is 0 Å². The summed E-state index contributed by atoms with van der Waals surface area (Å²) in [5.74, 6) is -1.85. The highest BCUT2D eigenvalue weighted by Crippen LogP contribution is 2.44. The molecule has 4 nitrogen and oxygen atoms in total. The minimum absolute atomic E-state index is 0.0106. The number of nitriles is 1. The van der Waals surface area contributed by atoms with Crippen LogP contribution in [-0.2, 0) is 11.3 Å². The van der Waals surface area contributed by atoms with Gasteiger partial charge in [-0.05, 0) is 28.3 Å². The maximum absolute atomic E-state index is 13.8. The van der Waals surface area contributed by atoms with Gasteiger partial charge in [0.05, 0.1) is 5.56 Å². The highest BCUT2D eigenvalue weighted by Gasteiger charge is 2.29. The van der Waals surface area contributed by atoms with E-state index in [4.69, 9.17) is 10.00 Å². The molecule has 144 valence electrons. The first-order valence-electron chi connectivity index (χ1n) is 9.05. The first-order chi connectivity index (χ1) is 14.1. The van der Waals surface area contributed by atoms with Gasteiger partial charge in [-0.2, -0.15) is 5.26 Å². The molecule has 0 fully saturated rings. The summed E-state index contributed by atoms with van der Waals surface area (Å²) in [7, 11) is 0. The van der Waals surface area contributed by atoms with E-state index in [2.05, 4.69) is 5.32 Å². The van der Waals surface area contributed by atoms with E-state index < -0.39 is 17.7 Å². The van der Waals surface area contributed by atoms with Gasteiger partial charge in [-0.25, -0.2) is 13.6 Å². The monoisotopic (exact) mass is 390 g/mol. The number of benzene rings is 3. The lowest BCUT2D eigenvalue weighted by molar-refractivity contribution is 0.142. The average molecular weight is 390 g/mol. The fourth-order valence-corrected chi connectivity index (χ4v) is 3.63. The van der Waals surface area contributed by atoms with Crippen molar-refractivity contribution in [2.45, 2.75) is 12.5 Å². The maximum atomic E-state index is 13.8. The largest absolute Gasteiger partial charge is 0.449 e. The zero-order valence-corrected chi connectivity index (χ0v) is 15.3. The molecule has 3 aromatic rings. The lowest BCUT2D eigenvalue weighted by Gasteiger charge is -2.14. The Bertz CT molecular complexity index is 1090. The second-order valence-corrected chi connectivity index (χ2v) is 6.71. The van der Waals surface area contributed by atoms with Gasteiger partial charge in [0.1, 0.15) is 24.3 Å². The molecule has 0 saturated heterocycles. The summed E-state index contributed by atoms with van der Waals surface area (Å²) in [6.45, 7) is -0.0767. The standard InChI is InChI=1S/C23H16F2N2O2/c24-21-10-22(25)15(9-14(21)11-26)12-27-23(28)29-13-20-18-7-3-1-5-16(18)17-6-2-4-8-19(17)20/h1-10,20H,12-13H2,(H,27,28). The van der Waals surface area contributed by atoms with Crippen molar-refractivity contribution in [2.24, 2.45) is 0 Å². The van der Waals surface area contributed by atoms with Crippen molar-refractivity contribution in [3.63, 3.8) is 0 Å². The van der Waals surface area contributed by atoms with E-state index in [0.29, 0.717) is 6.07 Å². The fourth-order valence-electron chi connectivity index (χ4n) is 3.63. The molecule has 0 atom stereocenters. The lowest BCUT2D eigenvalue weighted by Crippen LogP contribution is -2.26. The van der Waals surface area contributed by atoms with Crippen LogP contribution in [0.2, 0.25) is 0 Å². The molecule has 0 heterocycles. The van der Waals surface area contributed by atoms with Crippen molar-refractivity contribution in [2.75, 3.05) is 6.61 Å². The molecule has 6 heteroatoms. The SMILES string of the molecule is N#Cc1cc(CNC(=O)OCC2c3ccccc3-c3ccccc32)c(F)cc1F. The Morgan fingerprint density at radius 2 is 1.62 bits per heavy atom. The minimum Gasteiger partial charge on any atom is -0.449 e. The van der Waals surface area contributed by atoms with Gasteiger partial charge in [0.25, 0.3) is 0 Å². The van der Waals surface area contributed by atoms with Gasteiger partial charge in [0.2, 0.25) is 0 Å². The van der Waals surface area contributed by atoms with Crippen LogP contribution in [-0.4, -0.2) is 12.7 Å². The van der Waals surface area contributed by atoms with Crippen molar-refractivity contribution in [3.05, 3.63) is 94.6 Å². The first kappa shape index (κ1) is 18.6. The number of alkyl carbamates (subject to hydrolysis) is 1. The topological polar surface area (TPSA) is 62.1 Å². The van der Waals surface area contributed by atoms with Gasteiger partial charge in [-0.15, -0.1) is 0 Å². The minimum atomic E-state index is -0.935. The Kier molecular flexibility index (Phi) is 4.96. The van der Waals surface area contributed by atoms with Gasteiger partial charge >= 0.3 is 6.09 Å². The van der Waals surface area contributed by atoms with Crippen LogP contribution in [0.1, 0.15) is 28.2 Å². The number of ether oxygens (including phenoxy) is 1. The number of rotatable bonds is 4. The van der Waals surface area contributed by atoms with Crippen LogP contribution in [0.15, 0.2) is 60.7 Å². The van der Waals surface area contributed by atoms with E-state index in [9.17, 15) is 13.6 Å². The second kappa shape index (κ2) is 7.72.